The molecule has 16 heavy (non-hydrogen) atoms. The Morgan fingerprint density at radius 3 is 2.69 bits per heavy atom. The third kappa shape index (κ3) is 2.99. The van der Waals surface area contributed by atoms with Gasteiger partial charge in [-0.1, -0.05) is 5.92 Å². The minimum atomic E-state index is -4.61. The molecule has 0 aliphatic rings. The van der Waals surface area contributed by atoms with Gasteiger partial charge in [0, 0.05) is 6.07 Å². The van der Waals surface area contributed by atoms with Crippen molar-refractivity contribution in [3.63, 3.8) is 0 Å². The Morgan fingerprint density at radius 2 is 2.19 bits per heavy atom. The van der Waals surface area contributed by atoms with E-state index in [1.54, 1.807) is 0 Å². The monoisotopic (exact) mass is 232 g/mol. The predicted molar refractivity (Wildman–Crippen MR) is 49.2 cm³/mol. The van der Waals surface area contributed by atoms with Gasteiger partial charge in [0.15, 0.2) is 12.3 Å². The Hall–Kier alpha value is -2.01. The van der Waals surface area contributed by atoms with Crippen molar-refractivity contribution in [2.75, 3.05) is 12.0 Å². The molecule has 0 amide bonds. The van der Waals surface area contributed by atoms with Gasteiger partial charge in [-0.3, -0.25) is 5.43 Å². The van der Waals surface area contributed by atoms with E-state index in [1.165, 1.54) is 0 Å². The van der Waals surface area contributed by atoms with E-state index in [0.717, 1.165) is 0 Å². The van der Waals surface area contributed by atoms with E-state index < -0.39 is 17.8 Å². The maximum Gasteiger partial charge on any atom is 0.433 e. The van der Waals surface area contributed by atoms with E-state index in [9.17, 15) is 13.2 Å². The van der Waals surface area contributed by atoms with E-state index >= 15 is 0 Å². The third-order valence-electron chi connectivity index (χ3n) is 1.43. The second-order valence-corrected chi connectivity index (χ2v) is 2.55. The highest BCUT2D eigenvalue weighted by Gasteiger charge is 2.34. The molecular formula is C8H7F3N4O. The number of halogens is 3. The number of rotatable bonds is 3. The topological polar surface area (TPSA) is 73.1 Å². The molecule has 0 unspecified atom stereocenters. The van der Waals surface area contributed by atoms with Crippen molar-refractivity contribution in [2.45, 2.75) is 6.18 Å². The molecule has 1 heterocycles. The Bertz CT molecular complexity index is 413. The number of aromatic nitrogens is 2. The summed E-state index contributed by atoms with van der Waals surface area (Å²) in [5.41, 5.74) is 0.738. The summed E-state index contributed by atoms with van der Waals surface area (Å²) >= 11 is 0. The van der Waals surface area contributed by atoms with Gasteiger partial charge in [0.2, 0.25) is 11.8 Å². The first-order chi connectivity index (χ1) is 7.47. The van der Waals surface area contributed by atoms with Crippen LogP contribution in [0.3, 0.4) is 0 Å². The molecule has 0 bridgehead atoms. The summed E-state index contributed by atoms with van der Waals surface area (Å²) in [7, 11) is 0. The normalized spacial score (nSPS) is 10.7. The Labute approximate surface area is 88.8 Å². The van der Waals surface area contributed by atoms with Crippen molar-refractivity contribution < 1.29 is 17.9 Å². The molecule has 86 valence electrons. The number of hydrogen-bond acceptors (Lipinski definition) is 5. The van der Waals surface area contributed by atoms with E-state index in [4.69, 9.17) is 17.0 Å². The van der Waals surface area contributed by atoms with E-state index in [1.807, 2.05) is 5.43 Å². The number of ether oxygens (including phenoxy) is 1. The van der Waals surface area contributed by atoms with Gasteiger partial charge in [0.25, 0.3) is 0 Å². The number of nitrogens with zero attached hydrogens (tertiary/aromatic N) is 2. The molecule has 0 aliphatic carbocycles. The highest BCUT2D eigenvalue weighted by Crippen LogP contribution is 2.29. The highest BCUT2D eigenvalue weighted by molar-refractivity contribution is 5.30. The summed E-state index contributed by atoms with van der Waals surface area (Å²) in [6, 6.07) is 0.637. The SMILES string of the molecule is C#CCOc1cc(C(F)(F)F)nc(NN)n1. The van der Waals surface area contributed by atoms with Crippen molar-refractivity contribution in [1.82, 2.24) is 9.97 Å². The van der Waals surface area contributed by atoms with Gasteiger partial charge in [-0.25, -0.2) is 10.8 Å². The first kappa shape index (κ1) is 12.1. The molecule has 1 aromatic heterocycles. The van der Waals surface area contributed by atoms with Crippen molar-refractivity contribution in [1.29, 1.82) is 0 Å². The van der Waals surface area contributed by atoms with Gasteiger partial charge >= 0.3 is 6.18 Å². The lowest BCUT2D eigenvalue weighted by molar-refractivity contribution is -0.141. The number of nitrogens with two attached hydrogens (primary N) is 1. The maximum atomic E-state index is 12.4. The quantitative estimate of drug-likeness (QED) is 0.458. The standard InChI is InChI=1S/C8H7F3N4O/c1-2-3-16-6-4-5(8(9,10)11)13-7(14-6)15-12/h1,4H,3,12H2,(H,13,14,15). The number of hydrazine groups is 1. The molecular weight excluding hydrogens is 225 g/mol. The third-order valence-corrected chi connectivity index (χ3v) is 1.43. The molecule has 0 spiro atoms. The van der Waals surface area contributed by atoms with Gasteiger partial charge in [-0.2, -0.15) is 18.2 Å². The summed E-state index contributed by atoms with van der Waals surface area (Å²) in [5.74, 6) is 6.32. The zero-order valence-electron chi connectivity index (χ0n) is 7.88. The average molecular weight is 232 g/mol. The van der Waals surface area contributed by atoms with Crippen molar-refractivity contribution in [3.8, 4) is 18.2 Å². The van der Waals surface area contributed by atoms with Crippen LogP contribution >= 0.6 is 0 Å². The molecule has 5 nitrogen and oxygen atoms in total. The molecule has 1 aromatic rings. The zero-order chi connectivity index (χ0) is 12.2. The molecule has 0 saturated carbocycles. The molecule has 0 saturated heterocycles. The molecule has 0 fully saturated rings. The fraction of sp³-hybridized carbons (Fsp3) is 0.250. The summed E-state index contributed by atoms with van der Waals surface area (Å²) < 4.78 is 41.8. The van der Waals surface area contributed by atoms with E-state index in [-0.39, 0.29) is 12.5 Å². The van der Waals surface area contributed by atoms with Gasteiger partial charge in [-0.15, -0.1) is 6.42 Å². The predicted octanol–water partition coefficient (Wildman–Crippen LogP) is 0.793. The largest absolute Gasteiger partial charge is 0.464 e. The number of anilines is 1. The summed E-state index contributed by atoms with van der Waals surface area (Å²) in [6.07, 6.45) is 0.281. The van der Waals surface area contributed by atoms with Crippen molar-refractivity contribution >= 4 is 5.95 Å². The molecule has 8 heteroatoms. The Kier molecular flexibility index (Phi) is 3.52. The van der Waals surface area contributed by atoms with Crippen molar-refractivity contribution in [2.24, 2.45) is 5.84 Å². The zero-order valence-corrected chi connectivity index (χ0v) is 7.88. The van der Waals surface area contributed by atoms with Gasteiger partial charge in [0.05, 0.1) is 0 Å². The highest BCUT2D eigenvalue weighted by atomic mass is 19.4. The number of alkyl halides is 3. The van der Waals surface area contributed by atoms with Gasteiger partial charge in [0.1, 0.15) is 0 Å². The first-order valence-electron chi connectivity index (χ1n) is 3.96. The van der Waals surface area contributed by atoms with Crippen LogP contribution in [0.4, 0.5) is 19.1 Å². The lowest BCUT2D eigenvalue weighted by atomic mass is 10.4. The molecule has 3 N–H and O–H groups in total. The molecule has 0 atom stereocenters. The lowest BCUT2D eigenvalue weighted by Crippen LogP contribution is -2.16. The van der Waals surface area contributed by atoms with Crippen LogP contribution in [0.15, 0.2) is 6.07 Å². The van der Waals surface area contributed by atoms with Crippen LogP contribution in [0, 0.1) is 12.3 Å². The lowest BCUT2D eigenvalue weighted by Gasteiger charge is -2.09. The van der Waals surface area contributed by atoms with Crippen molar-refractivity contribution in [3.05, 3.63) is 11.8 Å². The first-order valence-corrected chi connectivity index (χ1v) is 3.96. The number of hydrogen-bond donors (Lipinski definition) is 2. The van der Waals surface area contributed by atoms with E-state index in [0.29, 0.717) is 6.07 Å². The van der Waals surface area contributed by atoms with E-state index in [2.05, 4.69) is 15.9 Å². The van der Waals surface area contributed by atoms with Crippen LogP contribution in [0.2, 0.25) is 0 Å². The Balaban J connectivity index is 3.07. The average Bonchev–Trinajstić information content (AvgIpc) is 2.24. The molecule has 0 radical (unpaired) electrons. The van der Waals surface area contributed by atoms with Gasteiger partial charge in [-0.05, 0) is 0 Å². The smallest absolute Gasteiger partial charge is 0.433 e. The summed E-state index contributed by atoms with van der Waals surface area (Å²) in [5, 5.41) is 0. The van der Waals surface area contributed by atoms with Crippen LogP contribution in [0.1, 0.15) is 5.69 Å². The number of terminal acetylenes is 1. The van der Waals surface area contributed by atoms with Crippen LogP contribution in [-0.2, 0) is 6.18 Å². The number of nitrogen functional groups attached to an aromatic ring is 1. The summed E-state index contributed by atoms with van der Waals surface area (Å²) in [4.78, 5) is 6.67. The molecule has 1 rings (SSSR count). The summed E-state index contributed by atoms with van der Waals surface area (Å²) in [6.45, 7) is -0.196. The Morgan fingerprint density at radius 1 is 1.50 bits per heavy atom. The minimum Gasteiger partial charge on any atom is -0.464 e. The van der Waals surface area contributed by atoms with Crippen LogP contribution < -0.4 is 16.0 Å². The molecule has 0 aromatic carbocycles. The fourth-order valence-electron chi connectivity index (χ4n) is 0.824. The fourth-order valence-corrected chi connectivity index (χ4v) is 0.824. The van der Waals surface area contributed by atoms with Gasteiger partial charge < -0.3 is 4.74 Å². The maximum absolute atomic E-state index is 12.4. The second kappa shape index (κ2) is 4.67. The van der Waals surface area contributed by atoms with Crippen LogP contribution in [-0.4, -0.2) is 16.6 Å². The number of nitrogens with one attached hydrogen (secondary N) is 1. The van der Waals surface area contributed by atoms with Crippen LogP contribution in [0.25, 0.3) is 0 Å². The van der Waals surface area contributed by atoms with Crippen LogP contribution in [0.5, 0.6) is 5.88 Å². The molecule has 0 aliphatic heterocycles. The second-order valence-electron chi connectivity index (χ2n) is 2.55. The minimum absolute atomic E-state index is 0.196.